The number of benzene rings is 3. The van der Waals surface area contributed by atoms with E-state index in [0.29, 0.717) is 36.7 Å². The summed E-state index contributed by atoms with van der Waals surface area (Å²) in [7, 11) is 0. The minimum Gasteiger partial charge on any atom is -0.460 e. The van der Waals surface area contributed by atoms with Gasteiger partial charge in [0, 0.05) is 36.7 Å². The van der Waals surface area contributed by atoms with Crippen molar-refractivity contribution >= 4 is 23.8 Å². The monoisotopic (exact) mass is 922 g/mol. The Hall–Kier alpha value is -3.89. The molecule has 1 aliphatic heterocycles. The summed E-state index contributed by atoms with van der Waals surface area (Å²) in [6.45, 7) is 7.40. The molecule has 3 aromatic carbocycles. The summed E-state index contributed by atoms with van der Waals surface area (Å²) >= 11 is 1.95. The summed E-state index contributed by atoms with van der Waals surface area (Å²) in [4.78, 5) is 17.9. The fraction of sp³-hybridized carbons (Fsp3) is 0.579. The Morgan fingerprint density at radius 1 is 0.788 bits per heavy atom. The molecule has 0 unspecified atom stereocenters. The molecule has 0 radical (unpaired) electrons. The highest BCUT2D eigenvalue weighted by atomic mass is 32.2. The van der Waals surface area contributed by atoms with Crippen molar-refractivity contribution in [2.75, 3.05) is 25.6 Å². The number of carbonyl (C=O) groups is 1. The molecule has 1 heterocycles. The Bertz CT molecular complexity index is 1950. The topological polar surface area (TPSA) is 107 Å². The number of aliphatic hydroxyl groups excluding tert-OH is 2. The van der Waals surface area contributed by atoms with Gasteiger partial charge in [0.05, 0.1) is 23.5 Å². The first-order valence-corrected chi connectivity index (χ1v) is 26.7. The molecule has 3 aliphatic rings. The van der Waals surface area contributed by atoms with Crippen molar-refractivity contribution in [1.82, 2.24) is 0 Å². The lowest BCUT2D eigenvalue weighted by Gasteiger charge is -2.58. The summed E-state index contributed by atoms with van der Waals surface area (Å²) < 4.78 is 21.1. The lowest BCUT2D eigenvalue weighted by molar-refractivity contribution is -0.223. The second-order valence-electron chi connectivity index (χ2n) is 18.8. The number of ether oxygens (including phenoxy) is 3. The number of rotatable bonds is 33. The number of nitrogens with zero attached hydrogens (tertiary/aromatic N) is 1. The Kier molecular flexibility index (Phi) is 22.2. The quantitative estimate of drug-likeness (QED) is 0.0269. The van der Waals surface area contributed by atoms with Gasteiger partial charge in [-0.25, -0.2) is 0 Å². The van der Waals surface area contributed by atoms with E-state index in [0.717, 1.165) is 85.1 Å². The van der Waals surface area contributed by atoms with Crippen molar-refractivity contribution in [3.63, 3.8) is 0 Å². The van der Waals surface area contributed by atoms with Gasteiger partial charge in [-0.05, 0) is 91.2 Å². The number of hydrogen-bond donors (Lipinski definition) is 2. The van der Waals surface area contributed by atoms with Gasteiger partial charge in [-0.3, -0.25) is 4.79 Å². The number of thioether (sulfide) groups is 1. The predicted octanol–water partition coefficient (Wildman–Crippen LogP) is 14.3. The van der Waals surface area contributed by atoms with Gasteiger partial charge < -0.3 is 29.3 Å². The zero-order valence-corrected chi connectivity index (χ0v) is 40.7. The molecule has 0 amide bonds. The number of oxime groups is 1. The highest BCUT2D eigenvalue weighted by Crippen LogP contribution is 2.62. The molecule has 6 rings (SSSR count). The minimum atomic E-state index is -1.01. The Morgan fingerprint density at radius 3 is 2.15 bits per heavy atom. The highest BCUT2D eigenvalue weighted by molar-refractivity contribution is 8.00. The molecule has 3 aromatic rings. The fourth-order valence-corrected chi connectivity index (χ4v) is 12.0. The van der Waals surface area contributed by atoms with Crippen molar-refractivity contribution in [3.8, 4) is 17.2 Å². The van der Waals surface area contributed by atoms with Gasteiger partial charge >= 0.3 is 0 Å². The maximum atomic E-state index is 11.7. The second-order valence-corrected chi connectivity index (χ2v) is 20.1. The molecular formula is C57H79NO7S. The van der Waals surface area contributed by atoms with Gasteiger partial charge in [0.15, 0.2) is 0 Å². The molecule has 66 heavy (non-hydrogen) atoms. The number of unbranched alkanes of at least 4 members (excludes halogenated alkanes) is 15. The third-order valence-electron chi connectivity index (χ3n) is 13.9. The summed E-state index contributed by atoms with van der Waals surface area (Å²) in [6, 6.07) is 23.5. The van der Waals surface area contributed by atoms with E-state index in [2.05, 4.69) is 37.8 Å². The fourth-order valence-electron chi connectivity index (χ4n) is 10.6. The average Bonchev–Trinajstić information content (AvgIpc) is 3.34. The summed E-state index contributed by atoms with van der Waals surface area (Å²) in [5.41, 5.74) is 4.75. The maximum Gasteiger partial charge on any atom is 0.230 e. The molecule has 1 saturated carbocycles. The van der Waals surface area contributed by atoms with Crippen molar-refractivity contribution in [2.24, 2.45) is 22.9 Å². The van der Waals surface area contributed by atoms with Crippen LogP contribution in [-0.2, 0) is 16.2 Å². The van der Waals surface area contributed by atoms with E-state index in [1.165, 1.54) is 83.5 Å². The van der Waals surface area contributed by atoms with Gasteiger partial charge in [-0.1, -0.05) is 163 Å². The molecule has 1 fully saturated rings. The molecule has 8 nitrogen and oxygen atoms in total. The van der Waals surface area contributed by atoms with Crippen LogP contribution in [0.2, 0.25) is 0 Å². The lowest BCUT2D eigenvalue weighted by Crippen LogP contribution is -2.64. The van der Waals surface area contributed by atoms with E-state index in [9.17, 15) is 15.0 Å². The van der Waals surface area contributed by atoms with E-state index in [4.69, 9.17) is 24.2 Å². The van der Waals surface area contributed by atoms with Crippen LogP contribution in [0.1, 0.15) is 169 Å². The van der Waals surface area contributed by atoms with Crippen molar-refractivity contribution in [1.29, 1.82) is 0 Å². The molecule has 0 spiro atoms. The van der Waals surface area contributed by atoms with Gasteiger partial charge in [0.2, 0.25) is 5.79 Å². The minimum absolute atomic E-state index is 0.0370. The summed E-state index contributed by atoms with van der Waals surface area (Å²) in [5, 5.41) is 24.9. The van der Waals surface area contributed by atoms with Crippen molar-refractivity contribution in [2.45, 2.75) is 165 Å². The van der Waals surface area contributed by atoms with E-state index in [1.54, 1.807) is 12.1 Å². The largest absolute Gasteiger partial charge is 0.460 e. The number of allylic oxidation sites excluding steroid dienone is 1. The van der Waals surface area contributed by atoms with Crippen LogP contribution < -0.4 is 9.47 Å². The molecular weight excluding hydrogens is 843 g/mol. The molecule has 6 atom stereocenters. The molecule has 0 bridgehead atoms. The standard InChI is InChI=1S/C57H79NO7S/c1-3-5-6-7-8-9-10-11-12-13-14-15-16-24-37-66-54-41-52(58-63-43-44-26-18-17-19-27-44)50-39-46(29-20-22-34-59)49(31-21-23-35-60)55-51-40-48(64-47-30-25-28-45(38-47)42-61)32-33-53(51)65-57(54,56(50)55)62-36-4-2/h4,17-19,25-28,30,32-33,38-40,42,46,49,54-56,59-60H,2-3,5-16,20-24,29,31,34-37,41,43H2,1H3/t46-,49+,54-,55+,56+,57+/m0/s1. The van der Waals surface area contributed by atoms with E-state index >= 15 is 0 Å². The van der Waals surface area contributed by atoms with Crippen LogP contribution in [0.3, 0.4) is 0 Å². The Balaban J connectivity index is 1.30. The van der Waals surface area contributed by atoms with Crippen LogP contribution in [0.4, 0.5) is 0 Å². The van der Waals surface area contributed by atoms with Gasteiger partial charge in [0.1, 0.15) is 30.1 Å². The first-order valence-electron chi connectivity index (χ1n) is 25.6. The molecule has 9 heteroatoms. The number of carbonyl (C=O) groups excluding carboxylic acids is 1. The van der Waals surface area contributed by atoms with Crippen LogP contribution in [0.15, 0.2) is 102 Å². The zero-order valence-electron chi connectivity index (χ0n) is 39.9. The highest BCUT2D eigenvalue weighted by Gasteiger charge is 2.64. The zero-order chi connectivity index (χ0) is 46.2. The third-order valence-corrected chi connectivity index (χ3v) is 15.3. The van der Waals surface area contributed by atoms with Crippen molar-refractivity contribution in [3.05, 3.63) is 114 Å². The average molecular weight is 922 g/mol. The van der Waals surface area contributed by atoms with Gasteiger partial charge in [0.25, 0.3) is 0 Å². The molecule has 2 aliphatic carbocycles. The Morgan fingerprint density at radius 2 is 1.47 bits per heavy atom. The second kappa shape index (κ2) is 28.4. The van der Waals surface area contributed by atoms with Crippen LogP contribution >= 0.6 is 11.8 Å². The normalized spacial score (nSPS) is 22.5. The molecule has 360 valence electrons. The van der Waals surface area contributed by atoms with Gasteiger partial charge in [-0.2, -0.15) is 11.8 Å². The van der Waals surface area contributed by atoms with Gasteiger partial charge in [-0.15, -0.1) is 6.58 Å². The number of aliphatic hydroxyl groups is 2. The van der Waals surface area contributed by atoms with Crippen LogP contribution in [-0.4, -0.2) is 58.8 Å². The van der Waals surface area contributed by atoms with E-state index in [-0.39, 0.29) is 42.1 Å². The summed E-state index contributed by atoms with van der Waals surface area (Å²) in [6.07, 6.45) is 29.4. The predicted molar refractivity (Wildman–Crippen MR) is 271 cm³/mol. The molecule has 0 saturated heterocycles. The number of aldehydes is 1. The summed E-state index contributed by atoms with van der Waals surface area (Å²) in [5.74, 6) is 2.15. The number of hydrogen-bond acceptors (Lipinski definition) is 9. The van der Waals surface area contributed by atoms with E-state index < -0.39 is 5.79 Å². The smallest absolute Gasteiger partial charge is 0.230 e. The van der Waals surface area contributed by atoms with Crippen LogP contribution in [0, 0.1) is 17.8 Å². The Labute approximate surface area is 401 Å². The first-order chi connectivity index (χ1) is 32.5. The lowest BCUT2D eigenvalue weighted by atomic mass is 9.56. The molecule has 2 N–H and O–H groups in total. The number of fused-ring (bicyclic) bond motifs is 2. The SMILES string of the molecule is C=CCO[C@@]12Oc3ccc(Oc4cccc(C=O)c4)cc3[C@H]3[C@H](CCCCO)[C@@H](CCCCO)C=C(C(=NOCc4ccccc4)C[C@@H]1SCCCCCCCCCCCCCCCC)[C@H]32. The van der Waals surface area contributed by atoms with Crippen LogP contribution in [0.5, 0.6) is 17.2 Å². The van der Waals surface area contributed by atoms with E-state index in [1.807, 2.05) is 60.3 Å². The van der Waals surface area contributed by atoms with Crippen molar-refractivity contribution < 1.29 is 34.1 Å². The molecule has 0 aromatic heterocycles. The third kappa shape index (κ3) is 14.6. The first kappa shape index (κ1) is 51.5. The van der Waals surface area contributed by atoms with Crippen LogP contribution in [0.25, 0.3) is 0 Å². The maximum absolute atomic E-state index is 11.7.